The number of hydrogen-bond donors (Lipinski definition) is 2. The van der Waals surface area contributed by atoms with Gasteiger partial charge in [-0.15, -0.1) is 0 Å². The molecule has 0 radical (unpaired) electrons. The normalized spacial score (nSPS) is 12.3. The summed E-state index contributed by atoms with van der Waals surface area (Å²) >= 11 is 6.09. The van der Waals surface area contributed by atoms with Crippen molar-refractivity contribution in [3.05, 3.63) is 71.2 Å². The number of methoxy groups -OCH3 is 1. The van der Waals surface area contributed by atoms with E-state index in [9.17, 15) is 9.59 Å². The number of carbonyl (C=O) groups is 2. The second-order valence-corrected chi connectivity index (χ2v) is 7.76. The Balaban J connectivity index is 1.39. The Labute approximate surface area is 201 Å². The minimum atomic E-state index is -0.403. The van der Waals surface area contributed by atoms with Crippen molar-refractivity contribution in [1.29, 1.82) is 0 Å². The number of fused-ring (bicyclic) bond motifs is 1. The lowest BCUT2D eigenvalue weighted by molar-refractivity contribution is -0.118. The van der Waals surface area contributed by atoms with Gasteiger partial charge in [-0.2, -0.15) is 0 Å². The van der Waals surface area contributed by atoms with Crippen LogP contribution in [-0.2, 0) is 4.79 Å². The number of amides is 2. The van der Waals surface area contributed by atoms with E-state index in [1.165, 1.54) is 7.11 Å². The van der Waals surface area contributed by atoms with Crippen molar-refractivity contribution in [3.8, 4) is 23.0 Å². The molecule has 0 fully saturated rings. The first-order valence-corrected chi connectivity index (χ1v) is 11.0. The Hall–Kier alpha value is -3.91. The van der Waals surface area contributed by atoms with Crippen molar-refractivity contribution in [1.82, 2.24) is 0 Å². The number of hydrogen-bond acceptors (Lipinski definition) is 6. The number of para-hydroxylation sites is 1. The molecular formula is C25H23ClN2O6. The molecule has 0 saturated heterocycles. The summed E-state index contributed by atoms with van der Waals surface area (Å²) in [6.07, 6.45) is 0.792. The van der Waals surface area contributed by atoms with Crippen LogP contribution in [0.3, 0.4) is 0 Å². The number of anilines is 2. The third-order valence-electron chi connectivity index (χ3n) is 4.93. The number of benzene rings is 3. The van der Waals surface area contributed by atoms with Crippen molar-refractivity contribution in [2.75, 3.05) is 37.6 Å². The molecule has 3 aromatic carbocycles. The van der Waals surface area contributed by atoms with Gasteiger partial charge < -0.3 is 29.6 Å². The fourth-order valence-electron chi connectivity index (χ4n) is 3.30. The fraction of sp³-hybridized carbons (Fsp3) is 0.200. The van der Waals surface area contributed by atoms with Crippen LogP contribution < -0.4 is 29.6 Å². The van der Waals surface area contributed by atoms with Gasteiger partial charge in [0.05, 0.1) is 30.9 Å². The SMILES string of the molecule is COc1ccc(NC(=O)COc2ccccc2C(=O)Nc2ccc3c(c2)OCCCO3)cc1Cl. The fourth-order valence-corrected chi connectivity index (χ4v) is 3.56. The van der Waals surface area contributed by atoms with Gasteiger partial charge in [-0.1, -0.05) is 23.7 Å². The van der Waals surface area contributed by atoms with Crippen LogP contribution in [0, 0.1) is 0 Å². The maximum atomic E-state index is 12.9. The van der Waals surface area contributed by atoms with Gasteiger partial charge >= 0.3 is 0 Å². The third kappa shape index (κ3) is 5.71. The van der Waals surface area contributed by atoms with Crippen LogP contribution in [0.2, 0.25) is 5.02 Å². The van der Waals surface area contributed by atoms with E-state index in [1.807, 2.05) is 0 Å². The highest BCUT2D eigenvalue weighted by atomic mass is 35.5. The summed E-state index contributed by atoms with van der Waals surface area (Å²) in [4.78, 5) is 25.3. The molecule has 8 nitrogen and oxygen atoms in total. The Morgan fingerprint density at radius 3 is 2.44 bits per heavy atom. The quantitative estimate of drug-likeness (QED) is 0.503. The molecule has 1 heterocycles. The molecule has 0 unspecified atom stereocenters. The summed E-state index contributed by atoms with van der Waals surface area (Å²) in [5.74, 6) is 1.21. The number of carbonyl (C=O) groups excluding carboxylic acids is 2. The van der Waals surface area contributed by atoms with E-state index in [0.717, 1.165) is 6.42 Å². The molecule has 0 aromatic heterocycles. The van der Waals surface area contributed by atoms with Crippen LogP contribution in [0.4, 0.5) is 11.4 Å². The summed E-state index contributed by atoms with van der Waals surface area (Å²) in [6, 6.07) is 16.8. The zero-order chi connectivity index (χ0) is 23.9. The molecule has 4 rings (SSSR count). The minimum absolute atomic E-state index is 0.275. The number of ether oxygens (including phenoxy) is 4. The summed E-state index contributed by atoms with van der Waals surface area (Å²) in [5.41, 5.74) is 1.34. The molecule has 176 valence electrons. The average molecular weight is 483 g/mol. The Kier molecular flexibility index (Phi) is 7.39. The van der Waals surface area contributed by atoms with Crippen LogP contribution >= 0.6 is 11.6 Å². The van der Waals surface area contributed by atoms with Gasteiger partial charge in [-0.3, -0.25) is 9.59 Å². The molecule has 0 aliphatic carbocycles. The van der Waals surface area contributed by atoms with E-state index in [1.54, 1.807) is 60.7 Å². The van der Waals surface area contributed by atoms with E-state index >= 15 is 0 Å². The summed E-state index contributed by atoms with van der Waals surface area (Å²) in [7, 11) is 1.51. The van der Waals surface area contributed by atoms with Crippen LogP contribution in [0.15, 0.2) is 60.7 Å². The van der Waals surface area contributed by atoms with Crippen molar-refractivity contribution in [2.24, 2.45) is 0 Å². The molecule has 2 N–H and O–H groups in total. The van der Waals surface area contributed by atoms with E-state index in [0.29, 0.717) is 46.9 Å². The van der Waals surface area contributed by atoms with Crippen molar-refractivity contribution in [3.63, 3.8) is 0 Å². The summed E-state index contributed by atoms with van der Waals surface area (Å²) in [6.45, 7) is 0.840. The number of rotatable bonds is 7. The molecule has 0 atom stereocenters. The molecule has 2 amide bonds. The molecule has 34 heavy (non-hydrogen) atoms. The van der Waals surface area contributed by atoms with Gasteiger partial charge in [0.2, 0.25) is 0 Å². The highest BCUT2D eigenvalue weighted by Crippen LogP contribution is 2.33. The van der Waals surface area contributed by atoms with Gasteiger partial charge in [-0.25, -0.2) is 0 Å². The molecule has 0 saturated carbocycles. The van der Waals surface area contributed by atoms with Crippen molar-refractivity contribution < 1.29 is 28.5 Å². The topological polar surface area (TPSA) is 95.1 Å². The highest BCUT2D eigenvalue weighted by Gasteiger charge is 2.16. The maximum Gasteiger partial charge on any atom is 0.262 e. The van der Waals surface area contributed by atoms with Gasteiger partial charge in [0.25, 0.3) is 11.8 Å². The van der Waals surface area contributed by atoms with Crippen molar-refractivity contribution >= 4 is 34.8 Å². The Morgan fingerprint density at radius 1 is 0.912 bits per heavy atom. The van der Waals surface area contributed by atoms with Crippen LogP contribution in [-0.4, -0.2) is 38.7 Å². The first-order valence-electron chi connectivity index (χ1n) is 10.6. The smallest absolute Gasteiger partial charge is 0.262 e. The second kappa shape index (κ2) is 10.8. The molecule has 1 aliphatic heterocycles. The lowest BCUT2D eigenvalue weighted by Crippen LogP contribution is -2.21. The standard InChI is InChI=1S/C25H23ClN2O6/c1-31-21-9-7-16(13-19(21)26)27-24(29)15-34-20-6-3-2-5-18(20)25(30)28-17-8-10-22-23(14-17)33-12-4-11-32-22/h2-3,5-10,13-14H,4,11-12,15H2,1H3,(H,27,29)(H,28,30). The lowest BCUT2D eigenvalue weighted by Gasteiger charge is -2.13. The molecular weight excluding hydrogens is 460 g/mol. The number of nitrogens with one attached hydrogen (secondary N) is 2. The average Bonchev–Trinajstić information content (AvgIpc) is 3.08. The van der Waals surface area contributed by atoms with E-state index in [4.69, 9.17) is 30.5 Å². The zero-order valence-electron chi connectivity index (χ0n) is 18.4. The van der Waals surface area contributed by atoms with E-state index in [2.05, 4.69) is 10.6 Å². The predicted molar refractivity (Wildman–Crippen MR) is 129 cm³/mol. The van der Waals surface area contributed by atoms with Crippen LogP contribution in [0.25, 0.3) is 0 Å². The summed E-state index contributed by atoms with van der Waals surface area (Å²) in [5, 5.41) is 5.90. The predicted octanol–water partition coefficient (Wildman–Crippen LogP) is 4.78. The monoisotopic (exact) mass is 482 g/mol. The molecule has 3 aromatic rings. The van der Waals surface area contributed by atoms with Gasteiger partial charge in [0.15, 0.2) is 18.1 Å². The largest absolute Gasteiger partial charge is 0.495 e. The van der Waals surface area contributed by atoms with E-state index in [-0.39, 0.29) is 23.8 Å². The third-order valence-corrected chi connectivity index (χ3v) is 5.23. The van der Waals surface area contributed by atoms with Gasteiger partial charge in [0, 0.05) is 23.9 Å². The Morgan fingerprint density at radius 2 is 1.65 bits per heavy atom. The minimum Gasteiger partial charge on any atom is -0.495 e. The molecule has 9 heteroatoms. The zero-order valence-corrected chi connectivity index (χ0v) is 19.2. The highest BCUT2D eigenvalue weighted by molar-refractivity contribution is 6.32. The molecule has 0 bridgehead atoms. The lowest BCUT2D eigenvalue weighted by atomic mass is 10.1. The Bertz CT molecular complexity index is 1200. The van der Waals surface area contributed by atoms with E-state index < -0.39 is 5.91 Å². The van der Waals surface area contributed by atoms with Crippen LogP contribution in [0.1, 0.15) is 16.8 Å². The number of halogens is 1. The van der Waals surface area contributed by atoms with Gasteiger partial charge in [-0.05, 0) is 42.5 Å². The summed E-state index contributed by atoms with van der Waals surface area (Å²) < 4.78 is 22.0. The second-order valence-electron chi connectivity index (χ2n) is 7.35. The molecule has 0 spiro atoms. The van der Waals surface area contributed by atoms with Gasteiger partial charge in [0.1, 0.15) is 11.5 Å². The first kappa shape index (κ1) is 23.3. The first-order chi connectivity index (χ1) is 16.5. The van der Waals surface area contributed by atoms with Crippen LogP contribution in [0.5, 0.6) is 23.0 Å². The molecule has 1 aliphatic rings. The maximum absolute atomic E-state index is 12.9. The van der Waals surface area contributed by atoms with Crippen molar-refractivity contribution in [2.45, 2.75) is 6.42 Å².